The molecular formula is C16H13F2N3. The number of aromatic nitrogens is 1. The molecule has 3 N–H and O–H groups in total. The second-order valence-corrected chi connectivity index (χ2v) is 4.70. The molecule has 0 amide bonds. The molecule has 0 spiro atoms. The number of anilines is 2. The molecule has 0 atom stereocenters. The second kappa shape index (κ2) is 5.36. The molecule has 0 radical (unpaired) electrons. The summed E-state index contributed by atoms with van der Waals surface area (Å²) in [5.74, 6) is -0.253. The summed E-state index contributed by atoms with van der Waals surface area (Å²) < 4.78 is 26.9. The molecule has 0 unspecified atom stereocenters. The van der Waals surface area contributed by atoms with Crippen LogP contribution in [0.25, 0.3) is 10.8 Å². The molecule has 0 saturated carbocycles. The predicted octanol–water partition coefficient (Wildman–Crippen LogP) is 3.71. The summed E-state index contributed by atoms with van der Waals surface area (Å²) in [7, 11) is 0. The number of nitrogens with zero attached hydrogens (tertiary/aromatic N) is 1. The quantitative estimate of drug-likeness (QED) is 0.721. The van der Waals surface area contributed by atoms with Crippen molar-refractivity contribution < 1.29 is 8.78 Å². The number of pyridine rings is 1. The van der Waals surface area contributed by atoms with Gasteiger partial charge in [0.1, 0.15) is 17.5 Å². The lowest BCUT2D eigenvalue weighted by Crippen LogP contribution is -2.03. The number of nitrogens with one attached hydrogen (secondary N) is 1. The number of halogens is 2. The van der Waals surface area contributed by atoms with Crippen molar-refractivity contribution in [3.8, 4) is 0 Å². The summed E-state index contributed by atoms with van der Waals surface area (Å²) in [4.78, 5) is 4.16. The maximum atomic E-state index is 14.0. The van der Waals surface area contributed by atoms with Crippen molar-refractivity contribution in [1.29, 1.82) is 0 Å². The normalized spacial score (nSPS) is 10.8. The molecule has 5 heteroatoms. The lowest BCUT2D eigenvalue weighted by atomic mass is 10.1. The number of nitrogen functional groups attached to an aromatic ring is 1. The van der Waals surface area contributed by atoms with Crippen LogP contribution in [0.5, 0.6) is 0 Å². The molecule has 3 aromatic rings. The Morgan fingerprint density at radius 1 is 1.00 bits per heavy atom. The Labute approximate surface area is 120 Å². The van der Waals surface area contributed by atoms with Gasteiger partial charge in [-0.2, -0.15) is 0 Å². The van der Waals surface area contributed by atoms with Crippen LogP contribution in [0.1, 0.15) is 5.56 Å². The van der Waals surface area contributed by atoms with Crippen molar-refractivity contribution >= 4 is 22.3 Å². The van der Waals surface area contributed by atoms with Crippen LogP contribution in [0.2, 0.25) is 0 Å². The zero-order valence-electron chi connectivity index (χ0n) is 11.1. The second-order valence-electron chi connectivity index (χ2n) is 4.70. The third kappa shape index (κ3) is 2.63. The summed E-state index contributed by atoms with van der Waals surface area (Å²) >= 11 is 0. The molecule has 0 bridgehead atoms. The maximum absolute atomic E-state index is 14.0. The minimum Gasteiger partial charge on any atom is -0.398 e. The number of nitrogens with two attached hydrogens (primary N) is 1. The van der Waals surface area contributed by atoms with Gasteiger partial charge in [-0.05, 0) is 35.9 Å². The van der Waals surface area contributed by atoms with E-state index in [0.29, 0.717) is 28.8 Å². The summed E-state index contributed by atoms with van der Waals surface area (Å²) in [6, 6.07) is 10.6. The van der Waals surface area contributed by atoms with Gasteiger partial charge in [0.2, 0.25) is 0 Å². The molecule has 2 aromatic carbocycles. The Morgan fingerprint density at radius 2 is 1.76 bits per heavy atom. The van der Waals surface area contributed by atoms with Gasteiger partial charge in [0.05, 0.1) is 5.39 Å². The Balaban J connectivity index is 1.94. The first-order chi connectivity index (χ1) is 10.1. The fourth-order valence-corrected chi connectivity index (χ4v) is 2.20. The van der Waals surface area contributed by atoms with Crippen LogP contribution in [0.4, 0.5) is 20.3 Å². The molecule has 3 rings (SSSR count). The predicted molar refractivity (Wildman–Crippen MR) is 79.8 cm³/mol. The SMILES string of the molecule is Nc1ccc(F)c2c(NCc3ccc(F)cc3)nccc12. The molecular weight excluding hydrogens is 272 g/mol. The van der Waals surface area contributed by atoms with E-state index in [9.17, 15) is 8.78 Å². The van der Waals surface area contributed by atoms with E-state index in [1.807, 2.05) is 0 Å². The number of hydrogen-bond donors (Lipinski definition) is 2. The third-order valence-corrected chi connectivity index (χ3v) is 3.28. The lowest BCUT2D eigenvalue weighted by Gasteiger charge is -2.10. The molecule has 0 aliphatic heterocycles. The summed E-state index contributed by atoms with van der Waals surface area (Å²) in [6.07, 6.45) is 1.57. The standard InChI is InChI=1S/C16H13F2N3/c17-11-3-1-10(2-4-11)9-21-16-15-12(7-8-20-16)14(19)6-5-13(15)18/h1-8H,9,19H2,(H,20,21). The van der Waals surface area contributed by atoms with Crippen molar-refractivity contribution in [2.24, 2.45) is 0 Å². The Bertz CT molecular complexity index is 785. The Morgan fingerprint density at radius 3 is 2.52 bits per heavy atom. The molecule has 1 heterocycles. The van der Waals surface area contributed by atoms with E-state index >= 15 is 0 Å². The monoisotopic (exact) mass is 285 g/mol. The highest BCUT2D eigenvalue weighted by molar-refractivity contribution is 5.99. The smallest absolute Gasteiger partial charge is 0.137 e. The van der Waals surface area contributed by atoms with Gasteiger partial charge in [-0.25, -0.2) is 13.8 Å². The average molecular weight is 285 g/mol. The van der Waals surface area contributed by atoms with Crippen molar-refractivity contribution in [1.82, 2.24) is 4.98 Å². The summed E-state index contributed by atoms with van der Waals surface area (Å²) in [5.41, 5.74) is 7.23. The topological polar surface area (TPSA) is 50.9 Å². The van der Waals surface area contributed by atoms with Crippen LogP contribution in [0.3, 0.4) is 0 Å². The van der Waals surface area contributed by atoms with E-state index in [0.717, 1.165) is 5.56 Å². The molecule has 0 fully saturated rings. The number of rotatable bonds is 3. The first-order valence-electron chi connectivity index (χ1n) is 6.46. The van der Waals surface area contributed by atoms with Crippen molar-refractivity contribution in [2.75, 3.05) is 11.1 Å². The molecule has 0 aliphatic carbocycles. The number of hydrogen-bond acceptors (Lipinski definition) is 3. The number of fused-ring (bicyclic) bond motifs is 1. The van der Waals surface area contributed by atoms with Gasteiger partial charge in [0.15, 0.2) is 0 Å². The highest BCUT2D eigenvalue weighted by Crippen LogP contribution is 2.28. The van der Waals surface area contributed by atoms with Crippen LogP contribution in [-0.2, 0) is 6.54 Å². The van der Waals surface area contributed by atoms with Gasteiger partial charge in [-0.1, -0.05) is 12.1 Å². The summed E-state index contributed by atoms with van der Waals surface area (Å²) in [6.45, 7) is 0.417. The largest absolute Gasteiger partial charge is 0.398 e. The van der Waals surface area contributed by atoms with E-state index in [4.69, 9.17) is 5.73 Å². The van der Waals surface area contributed by atoms with Gasteiger partial charge in [0, 0.05) is 23.8 Å². The molecule has 0 saturated heterocycles. The first-order valence-corrected chi connectivity index (χ1v) is 6.46. The molecule has 0 aliphatic rings. The fourth-order valence-electron chi connectivity index (χ4n) is 2.20. The fraction of sp³-hybridized carbons (Fsp3) is 0.0625. The van der Waals surface area contributed by atoms with Crippen LogP contribution in [0.15, 0.2) is 48.7 Å². The van der Waals surface area contributed by atoms with Gasteiger partial charge in [-0.15, -0.1) is 0 Å². The molecule has 1 aromatic heterocycles. The lowest BCUT2D eigenvalue weighted by molar-refractivity contribution is 0.627. The first kappa shape index (κ1) is 13.3. The number of benzene rings is 2. The Kier molecular flexibility index (Phi) is 3.39. The van der Waals surface area contributed by atoms with Crippen LogP contribution < -0.4 is 11.1 Å². The average Bonchev–Trinajstić information content (AvgIpc) is 2.50. The van der Waals surface area contributed by atoms with Crippen molar-refractivity contribution in [2.45, 2.75) is 6.54 Å². The summed E-state index contributed by atoms with van der Waals surface area (Å²) in [5, 5.41) is 4.04. The molecule has 3 nitrogen and oxygen atoms in total. The van der Waals surface area contributed by atoms with E-state index in [1.165, 1.54) is 24.3 Å². The van der Waals surface area contributed by atoms with E-state index in [1.54, 1.807) is 24.4 Å². The van der Waals surface area contributed by atoms with E-state index in [2.05, 4.69) is 10.3 Å². The van der Waals surface area contributed by atoms with Crippen LogP contribution >= 0.6 is 0 Å². The van der Waals surface area contributed by atoms with Crippen molar-refractivity contribution in [3.05, 3.63) is 65.9 Å². The maximum Gasteiger partial charge on any atom is 0.137 e. The van der Waals surface area contributed by atoms with Gasteiger partial charge < -0.3 is 11.1 Å². The zero-order valence-corrected chi connectivity index (χ0v) is 11.1. The van der Waals surface area contributed by atoms with Crippen LogP contribution in [0, 0.1) is 11.6 Å². The molecule has 21 heavy (non-hydrogen) atoms. The van der Waals surface area contributed by atoms with E-state index < -0.39 is 0 Å². The minimum absolute atomic E-state index is 0.291. The van der Waals surface area contributed by atoms with E-state index in [-0.39, 0.29) is 11.6 Å². The van der Waals surface area contributed by atoms with Crippen LogP contribution in [-0.4, -0.2) is 4.98 Å². The molecule has 106 valence electrons. The van der Waals surface area contributed by atoms with Crippen molar-refractivity contribution in [3.63, 3.8) is 0 Å². The van der Waals surface area contributed by atoms with Gasteiger partial charge >= 0.3 is 0 Å². The highest BCUT2D eigenvalue weighted by Gasteiger charge is 2.09. The van der Waals surface area contributed by atoms with Gasteiger partial charge in [0.25, 0.3) is 0 Å². The Hall–Kier alpha value is -2.69. The van der Waals surface area contributed by atoms with Gasteiger partial charge in [-0.3, -0.25) is 0 Å². The third-order valence-electron chi connectivity index (χ3n) is 3.28. The highest BCUT2D eigenvalue weighted by atomic mass is 19.1. The minimum atomic E-state index is -0.381. The zero-order chi connectivity index (χ0) is 14.8.